The zero-order valence-corrected chi connectivity index (χ0v) is 8.94. The molecule has 0 saturated carbocycles. The lowest BCUT2D eigenvalue weighted by molar-refractivity contribution is 1.26. The van der Waals surface area contributed by atoms with Gasteiger partial charge in [-0.25, -0.2) is 4.98 Å². The van der Waals surface area contributed by atoms with Gasteiger partial charge in [0.15, 0.2) is 5.69 Å². The first kappa shape index (κ1) is 10.2. The molecular weight excluding hydrogens is 198 g/mol. The Labute approximate surface area is 94.4 Å². The lowest BCUT2D eigenvalue weighted by Gasteiger charge is -2.07. The van der Waals surface area contributed by atoms with Crippen LogP contribution in [0.4, 0.5) is 11.4 Å². The number of benzene rings is 1. The lowest BCUT2D eigenvalue weighted by Crippen LogP contribution is -1.95. The molecule has 0 aliphatic rings. The number of nitrogens with zero attached hydrogens (tertiary/aromatic N) is 2. The Morgan fingerprint density at radius 3 is 2.88 bits per heavy atom. The summed E-state index contributed by atoms with van der Waals surface area (Å²) >= 11 is 0. The zero-order valence-electron chi connectivity index (χ0n) is 8.94. The average molecular weight is 209 g/mol. The second-order valence-electron chi connectivity index (χ2n) is 3.51. The number of hydrogen-bond acceptors (Lipinski definition) is 3. The summed E-state index contributed by atoms with van der Waals surface area (Å²) in [6.45, 7) is 2.03. The highest BCUT2D eigenvalue weighted by Crippen LogP contribution is 2.19. The van der Waals surface area contributed by atoms with Crippen LogP contribution in [-0.2, 0) is 0 Å². The summed E-state index contributed by atoms with van der Waals surface area (Å²) in [6, 6.07) is 13.7. The molecule has 0 bridgehead atoms. The quantitative estimate of drug-likeness (QED) is 0.827. The van der Waals surface area contributed by atoms with Gasteiger partial charge in [-0.05, 0) is 36.8 Å². The second-order valence-corrected chi connectivity index (χ2v) is 3.51. The van der Waals surface area contributed by atoms with Crippen LogP contribution in [0.2, 0.25) is 0 Å². The largest absolute Gasteiger partial charge is 0.353 e. The van der Waals surface area contributed by atoms with Crippen molar-refractivity contribution in [3.8, 4) is 6.07 Å². The summed E-state index contributed by atoms with van der Waals surface area (Å²) in [7, 11) is 0. The Kier molecular flexibility index (Phi) is 2.84. The highest BCUT2D eigenvalue weighted by molar-refractivity contribution is 5.64. The van der Waals surface area contributed by atoms with E-state index in [1.54, 1.807) is 12.3 Å². The van der Waals surface area contributed by atoms with Crippen molar-refractivity contribution in [2.24, 2.45) is 0 Å². The maximum Gasteiger partial charge on any atom is 0.163 e. The molecule has 0 atom stereocenters. The average Bonchev–Trinajstić information content (AvgIpc) is 2.30. The van der Waals surface area contributed by atoms with Gasteiger partial charge in [0, 0.05) is 11.9 Å². The monoisotopic (exact) mass is 209 g/mol. The standard InChI is InChI=1S/C13H11N3/c1-10-4-2-5-11(8-10)16-12-6-3-7-15-13(12)9-14/h2-8,16H,1H3. The van der Waals surface area contributed by atoms with Crippen LogP contribution >= 0.6 is 0 Å². The number of aryl methyl sites for hydroxylation is 1. The first-order valence-electron chi connectivity index (χ1n) is 4.98. The predicted octanol–water partition coefficient (Wildman–Crippen LogP) is 3.01. The summed E-state index contributed by atoms with van der Waals surface area (Å²) in [5.41, 5.74) is 3.27. The molecule has 3 nitrogen and oxygen atoms in total. The fraction of sp³-hybridized carbons (Fsp3) is 0.0769. The van der Waals surface area contributed by atoms with Gasteiger partial charge in [0.05, 0.1) is 5.69 Å². The first-order chi connectivity index (χ1) is 7.79. The third kappa shape index (κ3) is 2.18. The Hall–Kier alpha value is -2.34. The first-order valence-corrected chi connectivity index (χ1v) is 4.98. The van der Waals surface area contributed by atoms with Gasteiger partial charge < -0.3 is 5.32 Å². The van der Waals surface area contributed by atoms with Crippen LogP contribution in [0.15, 0.2) is 42.6 Å². The molecule has 2 aromatic rings. The number of anilines is 2. The van der Waals surface area contributed by atoms with E-state index in [-0.39, 0.29) is 0 Å². The number of rotatable bonds is 2. The molecule has 3 heteroatoms. The van der Waals surface area contributed by atoms with Crippen LogP contribution in [0.25, 0.3) is 0 Å². The van der Waals surface area contributed by atoms with Gasteiger partial charge in [0.2, 0.25) is 0 Å². The molecule has 1 aromatic carbocycles. The number of aromatic nitrogens is 1. The summed E-state index contributed by atoms with van der Waals surface area (Å²) in [6.07, 6.45) is 1.61. The molecule has 0 aliphatic carbocycles. The summed E-state index contributed by atoms with van der Waals surface area (Å²) < 4.78 is 0. The SMILES string of the molecule is Cc1cccc(Nc2cccnc2C#N)c1. The highest BCUT2D eigenvalue weighted by atomic mass is 14.9. The minimum atomic E-state index is 0.406. The van der Waals surface area contributed by atoms with E-state index < -0.39 is 0 Å². The van der Waals surface area contributed by atoms with Crippen LogP contribution in [0, 0.1) is 18.3 Å². The van der Waals surface area contributed by atoms with Crippen LogP contribution in [-0.4, -0.2) is 4.98 Å². The molecule has 0 amide bonds. The molecule has 1 N–H and O–H groups in total. The molecular formula is C13H11N3. The van der Waals surface area contributed by atoms with Crippen molar-refractivity contribution in [1.29, 1.82) is 5.26 Å². The van der Waals surface area contributed by atoms with E-state index in [1.165, 1.54) is 5.56 Å². The highest BCUT2D eigenvalue weighted by Gasteiger charge is 2.01. The van der Waals surface area contributed by atoms with Crippen LogP contribution in [0.1, 0.15) is 11.3 Å². The van der Waals surface area contributed by atoms with Crippen molar-refractivity contribution < 1.29 is 0 Å². The predicted molar refractivity (Wildman–Crippen MR) is 63.4 cm³/mol. The van der Waals surface area contributed by atoms with Crippen molar-refractivity contribution in [1.82, 2.24) is 4.98 Å². The van der Waals surface area contributed by atoms with Gasteiger partial charge in [-0.2, -0.15) is 5.26 Å². The van der Waals surface area contributed by atoms with Crippen molar-refractivity contribution in [3.63, 3.8) is 0 Å². The van der Waals surface area contributed by atoms with E-state index in [2.05, 4.69) is 16.4 Å². The maximum atomic E-state index is 8.90. The third-order valence-electron chi connectivity index (χ3n) is 2.21. The second kappa shape index (κ2) is 4.45. The number of hydrogen-bond donors (Lipinski definition) is 1. The van der Waals surface area contributed by atoms with E-state index in [0.717, 1.165) is 11.4 Å². The molecule has 0 saturated heterocycles. The van der Waals surface area contributed by atoms with Crippen LogP contribution in [0.5, 0.6) is 0 Å². The number of nitriles is 1. The van der Waals surface area contributed by atoms with Crippen molar-refractivity contribution >= 4 is 11.4 Å². The summed E-state index contributed by atoms with van der Waals surface area (Å²) in [4.78, 5) is 3.99. The topological polar surface area (TPSA) is 48.7 Å². The molecule has 2 rings (SSSR count). The molecule has 1 heterocycles. The summed E-state index contributed by atoms with van der Waals surface area (Å²) in [5, 5.41) is 12.1. The van der Waals surface area contributed by atoms with E-state index in [9.17, 15) is 0 Å². The van der Waals surface area contributed by atoms with Gasteiger partial charge in [0.1, 0.15) is 6.07 Å². The fourth-order valence-corrected chi connectivity index (χ4v) is 1.47. The van der Waals surface area contributed by atoms with E-state index in [0.29, 0.717) is 5.69 Å². The van der Waals surface area contributed by atoms with Gasteiger partial charge in [-0.15, -0.1) is 0 Å². The van der Waals surface area contributed by atoms with Crippen LogP contribution in [0.3, 0.4) is 0 Å². The smallest absolute Gasteiger partial charge is 0.163 e. The Morgan fingerprint density at radius 2 is 2.12 bits per heavy atom. The Bertz CT molecular complexity index is 541. The molecule has 1 aromatic heterocycles. The maximum absolute atomic E-state index is 8.90. The van der Waals surface area contributed by atoms with E-state index in [4.69, 9.17) is 5.26 Å². The van der Waals surface area contributed by atoms with E-state index >= 15 is 0 Å². The normalized spacial score (nSPS) is 9.50. The molecule has 0 fully saturated rings. The molecule has 78 valence electrons. The van der Waals surface area contributed by atoms with Crippen molar-refractivity contribution in [3.05, 3.63) is 53.9 Å². The molecule has 0 spiro atoms. The Morgan fingerprint density at radius 1 is 1.25 bits per heavy atom. The minimum Gasteiger partial charge on any atom is -0.353 e. The zero-order chi connectivity index (χ0) is 11.4. The van der Waals surface area contributed by atoms with Gasteiger partial charge in [0.25, 0.3) is 0 Å². The summed E-state index contributed by atoms with van der Waals surface area (Å²) in [5.74, 6) is 0. The van der Waals surface area contributed by atoms with Crippen molar-refractivity contribution in [2.75, 3.05) is 5.32 Å². The molecule has 0 aliphatic heterocycles. The van der Waals surface area contributed by atoms with E-state index in [1.807, 2.05) is 37.3 Å². The van der Waals surface area contributed by atoms with Crippen molar-refractivity contribution in [2.45, 2.75) is 6.92 Å². The fourth-order valence-electron chi connectivity index (χ4n) is 1.47. The Balaban J connectivity index is 2.31. The minimum absolute atomic E-state index is 0.406. The lowest BCUT2D eigenvalue weighted by atomic mass is 10.2. The van der Waals surface area contributed by atoms with Gasteiger partial charge in [-0.1, -0.05) is 12.1 Å². The van der Waals surface area contributed by atoms with Gasteiger partial charge in [-0.3, -0.25) is 0 Å². The number of nitrogens with one attached hydrogen (secondary N) is 1. The third-order valence-corrected chi connectivity index (χ3v) is 2.21. The molecule has 16 heavy (non-hydrogen) atoms. The number of pyridine rings is 1. The molecule has 0 radical (unpaired) electrons. The van der Waals surface area contributed by atoms with Gasteiger partial charge >= 0.3 is 0 Å². The molecule has 0 unspecified atom stereocenters. The van der Waals surface area contributed by atoms with Crippen LogP contribution < -0.4 is 5.32 Å².